The van der Waals surface area contributed by atoms with E-state index in [1.165, 1.54) is 0 Å². The summed E-state index contributed by atoms with van der Waals surface area (Å²) in [7, 11) is 0. The van der Waals surface area contributed by atoms with E-state index in [4.69, 9.17) is 5.26 Å². The molecule has 0 amide bonds. The number of hydrogen-bond donors (Lipinski definition) is 0. The van der Waals surface area contributed by atoms with Gasteiger partial charge in [0.15, 0.2) is 5.78 Å². The SMILES string of the molecule is CC1=C(C#N)C(=O)Cc2ccccc21. The molecule has 0 bridgehead atoms. The predicted molar refractivity (Wildman–Crippen MR) is 53.4 cm³/mol. The van der Waals surface area contributed by atoms with Crippen molar-refractivity contribution in [3.8, 4) is 6.07 Å². The van der Waals surface area contributed by atoms with Crippen LogP contribution in [0.4, 0.5) is 0 Å². The fourth-order valence-corrected chi connectivity index (χ4v) is 1.79. The molecule has 0 aliphatic heterocycles. The van der Waals surface area contributed by atoms with Gasteiger partial charge in [0.25, 0.3) is 0 Å². The van der Waals surface area contributed by atoms with E-state index in [1.807, 2.05) is 37.3 Å². The maximum absolute atomic E-state index is 11.5. The average molecular weight is 183 g/mol. The lowest BCUT2D eigenvalue weighted by Crippen LogP contribution is -2.13. The van der Waals surface area contributed by atoms with Crippen molar-refractivity contribution < 1.29 is 4.79 Å². The molecule has 0 radical (unpaired) electrons. The molecule has 0 aromatic heterocycles. The van der Waals surface area contributed by atoms with Gasteiger partial charge in [-0.25, -0.2) is 0 Å². The fourth-order valence-electron chi connectivity index (χ4n) is 1.79. The first-order valence-electron chi connectivity index (χ1n) is 4.46. The minimum absolute atomic E-state index is 0.0660. The molecule has 1 aromatic rings. The molecule has 0 heterocycles. The van der Waals surface area contributed by atoms with Gasteiger partial charge in [0, 0.05) is 6.42 Å². The van der Waals surface area contributed by atoms with Gasteiger partial charge in [0.2, 0.25) is 0 Å². The van der Waals surface area contributed by atoms with E-state index in [1.54, 1.807) is 0 Å². The molecular formula is C12H9NO. The summed E-state index contributed by atoms with van der Waals surface area (Å²) in [5.74, 6) is -0.0660. The van der Waals surface area contributed by atoms with E-state index in [2.05, 4.69) is 0 Å². The summed E-state index contributed by atoms with van der Waals surface area (Å²) in [6.45, 7) is 1.83. The Hall–Kier alpha value is -1.88. The Bertz CT molecular complexity index is 477. The summed E-state index contributed by atoms with van der Waals surface area (Å²) in [6, 6.07) is 9.70. The van der Waals surface area contributed by atoms with E-state index < -0.39 is 0 Å². The maximum Gasteiger partial charge on any atom is 0.178 e. The van der Waals surface area contributed by atoms with Crippen molar-refractivity contribution in [2.24, 2.45) is 0 Å². The third-order valence-corrected chi connectivity index (χ3v) is 2.54. The number of carbonyl (C=O) groups excluding carboxylic acids is 1. The fraction of sp³-hybridized carbons (Fsp3) is 0.167. The van der Waals surface area contributed by atoms with Gasteiger partial charge in [-0.2, -0.15) is 5.26 Å². The van der Waals surface area contributed by atoms with Crippen LogP contribution in [-0.2, 0) is 11.2 Å². The van der Waals surface area contributed by atoms with Crippen molar-refractivity contribution in [2.75, 3.05) is 0 Å². The van der Waals surface area contributed by atoms with Gasteiger partial charge in [0.1, 0.15) is 6.07 Å². The van der Waals surface area contributed by atoms with Gasteiger partial charge in [-0.3, -0.25) is 4.79 Å². The maximum atomic E-state index is 11.5. The second-order valence-electron chi connectivity index (χ2n) is 3.37. The topological polar surface area (TPSA) is 40.9 Å². The molecule has 14 heavy (non-hydrogen) atoms. The Kier molecular flexibility index (Phi) is 1.94. The predicted octanol–water partition coefficient (Wildman–Crippen LogP) is 2.11. The zero-order valence-corrected chi connectivity index (χ0v) is 7.87. The number of nitriles is 1. The van der Waals surface area contributed by atoms with E-state index in [9.17, 15) is 4.79 Å². The summed E-state index contributed by atoms with van der Waals surface area (Å²) >= 11 is 0. The molecule has 68 valence electrons. The molecule has 0 atom stereocenters. The summed E-state index contributed by atoms with van der Waals surface area (Å²) < 4.78 is 0. The van der Waals surface area contributed by atoms with Crippen molar-refractivity contribution in [3.63, 3.8) is 0 Å². The van der Waals surface area contributed by atoms with E-state index in [0.717, 1.165) is 16.7 Å². The first kappa shape index (κ1) is 8.71. The van der Waals surface area contributed by atoms with Gasteiger partial charge in [-0.1, -0.05) is 24.3 Å². The molecule has 2 heteroatoms. The van der Waals surface area contributed by atoms with Crippen LogP contribution < -0.4 is 0 Å². The van der Waals surface area contributed by atoms with Crippen LogP contribution in [0, 0.1) is 11.3 Å². The number of hydrogen-bond acceptors (Lipinski definition) is 2. The molecule has 1 aliphatic rings. The van der Waals surface area contributed by atoms with Gasteiger partial charge in [0.05, 0.1) is 5.57 Å². The number of carbonyl (C=O) groups is 1. The number of benzene rings is 1. The first-order chi connectivity index (χ1) is 6.74. The Balaban J connectivity index is 2.69. The van der Waals surface area contributed by atoms with Crippen molar-refractivity contribution in [2.45, 2.75) is 13.3 Å². The Labute approximate surface area is 82.5 Å². The smallest absolute Gasteiger partial charge is 0.178 e. The number of Topliss-reactive ketones (excluding diaryl/α,β-unsaturated/α-hetero) is 1. The van der Waals surface area contributed by atoms with Crippen LogP contribution in [-0.4, -0.2) is 5.78 Å². The van der Waals surface area contributed by atoms with Gasteiger partial charge in [-0.15, -0.1) is 0 Å². The lowest BCUT2D eigenvalue weighted by molar-refractivity contribution is -0.114. The summed E-state index contributed by atoms with van der Waals surface area (Å²) in [5.41, 5.74) is 3.17. The highest BCUT2D eigenvalue weighted by atomic mass is 16.1. The van der Waals surface area contributed by atoms with Crippen LogP contribution in [0.2, 0.25) is 0 Å². The average Bonchev–Trinajstić information content (AvgIpc) is 2.18. The standard InChI is InChI=1S/C12H9NO/c1-8-10-5-3-2-4-9(10)6-12(14)11(8)7-13/h2-5H,6H2,1H3. The van der Waals surface area contributed by atoms with Crippen LogP contribution in [0.3, 0.4) is 0 Å². The van der Waals surface area contributed by atoms with Crippen molar-refractivity contribution >= 4 is 11.4 Å². The number of allylic oxidation sites excluding steroid dienone is 2. The van der Waals surface area contributed by atoms with Crippen molar-refractivity contribution in [1.29, 1.82) is 5.26 Å². The van der Waals surface area contributed by atoms with Crippen molar-refractivity contribution in [3.05, 3.63) is 41.0 Å². The van der Waals surface area contributed by atoms with E-state index >= 15 is 0 Å². The molecule has 0 saturated heterocycles. The highest BCUT2D eigenvalue weighted by Gasteiger charge is 2.21. The van der Waals surface area contributed by atoms with Crippen LogP contribution >= 0.6 is 0 Å². The molecule has 1 aliphatic carbocycles. The number of fused-ring (bicyclic) bond motifs is 1. The number of nitrogens with zero attached hydrogens (tertiary/aromatic N) is 1. The van der Waals surface area contributed by atoms with Crippen LogP contribution in [0.15, 0.2) is 29.8 Å². The molecule has 0 spiro atoms. The second-order valence-corrected chi connectivity index (χ2v) is 3.37. The van der Waals surface area contributed by atoms with E-state index in [-0.39, 0.29) is 5.78 Å². The summed E-state index contributed by atoms with van der Waals surface area (Å²) in [6.07, 6.45) is 0.358. The molecule has 0 unspecified atom stereocenters. The largest absolute Gasteiger partial charge is 0.293 e. The summed E-state index contributed by atoms with van der Waals surface area (Å²) in [4.78, 5) is 11.5. The lowest BCUT2D eigenvalue weighted by atomic mass is 9.86. The Morgan fingerprint density at radius 3 is 2.79 bits per heavy atom. The molecule has 0 N–H and O–H groups in total. The van der Waals surface area contributed by atoms with Gasteiger partial charge in [-0.05, 0) is 23.6 Å². The van der Waals surface area contributed by atoms with E-state index in [0.29, 0.717) is 12.0 Å². The lowest BCUT2D eigenvalue weighted by Gasteiger charge is -2.15. The number of rotatable bonds is 0. The highest BCUT2D eigenvalue weighted by Crippen LogP contribution is 2.28. The molecule has 2 rings (SSSR count). The number of ketones is 1. The second kappa shape index (κ2) is 3.12. The highest BCUT2D eigenvalue weighted by molar-refractivity contribution is 6.09. The Morgan fingerprint density at radius 2 is 2.07 bits per heavy atom. The quantitative estimate of drug-likeness (QED) is 0.618. The zero-order chi connectivity index (χ0) is 10.1. The summed E-state index contributed by atoms with van der Waals surface area (Å²) in [5, 5.41) is 8.83. The van der Waals surface area contributed by atoms with Crippen molar-refractivity contribution in [1.82, 2.24) is 0 Å². The first-order valence-corrected chi connectivity index (χ1v) is 4.46. The third-order valence-electron chi connectivity index (χ3n) is 2.54. The normalized spacial score (nSPS) is 15.0. The van der Waals surface area contributed by atoms with Crippen LogP contribution in [0.25, 0.3) is 5.57 Å². The van der Waals surface area contributed by atoms with Gasteiger partial charge < -0.3 is 0 Å². The van der Waals surface area contributed by atoms with Gasteiger partial charge >= 0.3 is 0 Å². The molecular weight excluding hydrogens is 174 g/mol. The third kappa shape index (κ3) is 1.14. The monoisotopic (exact) mass is 183 g/mol. The molecule has 2 nitrogen and oxygen atoms in total. The minimum atomic E-state index is -0.0660. The van der Waals surface area contributed by atoms with Crippen LogP contribution in [0.1, 0.15) is 18.1 Å². The zero-order valence-electron chi connectivity index (χ0n) is 7.87. The molecule has 0 fully saturated rings. The van der Waals surface area contributed by atoms with Crippen LogP contribution in [0.5, 0.6) is 0 Å². The molecule has 0 saturated carbocycles. The Morgan fingerprint density at radius 1 is 1.36 bits per heavy atom. The molecule has 1 aromatic carbocycles. The minimum Gasteiger partial charge on any atom is -0.293 e.